The van der Waals surface area contributed by atoms with Crippen LogP contribution >= 0.6 is 12.2 Å². The molecular formula is C15H22N2S. The SMILES string of the molecule is CC(C)C1CCCN1Cc1ccccc1C(N)=S. The molecule has 1 heterocycles. The van der Waals surface area contributed by atoms with Crippen LogP contribution in [0.3, 0.4) is 0 Å². The quantitative estimate of drug-likeness (QED) is 0.846. The van der Waals surface area contributed by atoms with Gasteiger partial charge in [0.25, 0.3) is 0 Å². The number of benzene rings is 1. The van der Waals surface area contributed by atoms with Gasteiger partial charge in [0.2, 0.25) is 0 Å². The molecule has 1 saturated heterocycles. The molecule has 1 aliphatic rings. The van der Waals surface area contributed by atoms with Gasteiger partial charge in [-0.25, -0.2) is 0 Å². The van der Waals surface area contributed by atoms with E-state index in [0.717, 1.165) is 12.1 Å². The molecule has 1 aromatic rings. The second kappa shape index (κ2) is 5.81. The van der Waals surface area contributed by atoms with E-state index in [2.05, 4.69) is 30.9 Å². The summed E-state index contributed by atoms with van der Waals surface area (Å²) in [6, 6.07) is 8.94. The van der Waals surface area contributed by atoms with Crippen molar-refractivity contribution in [1.29, 1.82) is 0 Å². The third-order valence-corrected chi connectivity index (χ3v) is 4.06. The Kier molecular flexibility index (Phi) is 4.36. The molecule has 18 heavy (non-hydrogen) atoms. The molecule has 0 radical (unpaired) electrons. The van der Waals surface area contributed by atoms with Crippen molar-refractivity contribution in [1.82, 2.24) is 4.90 Å². The van der Waals surface area contributed by atoms with Crippen molar-refractivity contribution < 1.29 is 0 Å². The number of hydrogen-bond donors (Lipinski definition) is 1. The maximum Gasteiger partial charge on any atom is 0.104 e. The summed E-state index contributed by atoms with van der Waals surface area (Å²) in [6.45, 7) is 6.77. The van der Waals surface area contributed by atoms with Crippen molar-refractivity contribution in [3.63, 3.8) is 0 Å². The van der Waals surface area contributed by atoms with Crippen molar-refractivity contribution in [2.75, 3.05) is 6.54 Å². The average Bonchev–Trinajstić information content (AvgIpc) is 2.77. The van der Waals surface area contributed by atoms with Gasteiger partial charge in [0.1, 0.15) is 4.99 Å². The molecular weight excluding hydrogens is 240 g/mol. The van der Waals surface area contributed by atoms with E-state index in [1.807, 2.05) is 12.1 Å². The summed E-state index contributed by atoms with van der Waals surface area (Å²) in [5.41, 5.74) is 8.09. The van der Waals surface area contributed by atoms with E-state index in [9.17, 15) is 0 Å². The molecule has 1 atom stereocenters. The van der Waals surface area contributed by atoms with Crippen molar-refractivity contribution in [3.05, 3.63) is 35.4 Å². The number of likely N-dealkylation sites (tertiary alicyclic amines) is 1. The van der Waals surface area contributed by atoms with Crippen LogP contribution in [0.4, 0.5) is 0 Å². The summed E-state index contributed by atoms with van der Waals surface area (Å²) in [6.07, 6.45) is 2.62. The standard InChI is InChI=1S/C15H22N2S/c1-11(2)14-8-5-9-17(14)10-12-6-3-4-7-13(12)15(16)18/h3-4,6-7,11,14H,5,8-10H2,1-2H3,(H2,16,18). The fourth-order valence-corrected chi connectivity index (χ4v) is 3.12. The van der Waals surface area contributed by atoms with Crippen LogP contribution in [-0.2, 0) is 6.54 Å². The number of hydrogen-bond acceptors (Lipinski definition) is 2. The Morgan fingerprint density at radius 3 is 2.83 bits per heavy atom. The number of nitrogens with zero attached hydrogens (tertiary/aromatic N) is 1. The van der Waals surface area contributed by atoms with Crippen LogP contribution in [0.25, 0.3) is 0 Å². The fourth-order valence-electron chi connectivity index (χ4n) is 2.92. The number of rotatable bonds is 4. The highest BCUT2D eigenvalue weighted by Gasteiger charge is 2.27. The van der Waals surface area contributed by atoms with Gasteiger partial charge in [-0.15, -0.1) is 0 Å². The first-order valence-corrected chi connectivity index (χ1v) is 7.12. The summed E-state index contributed by atoms with van der Waals surface area (Å²) < 4.78 is 0. The monoisotopic (exact) mass is 262 g/mol. The molecule has 1 aromatic carbocycles. The van der Waals surface area contributed by atoms with Gasteiger partial charge in [-0.1, -0.05) is 50.3 Å². The highest BCUT2D eigenvalue weighted by Crippen LogP contribution is 2.26. The average molecular weight is 262 g/mol. The predicted octanol–water partition coefficient (Wildman–Crippen LogP) is 2.94. The zero-order valence-electron chi connectivity index (χ0n) is 11.2. The van der Waals surface area contributed by atoms with E-state index in [-0.39, 0.29) is 0 Å². The van der Waals surface area contributed by atoms with Crippen molar-refractivity contribution in [2.24, 2.45) is 11.7 Å². The minimum absolute atomic E-state index is 0.505. The van der Waals surface area contributed by atoms with Crippen molar-refractivity contribution >= 4 is 17.2 Å². The molecule has 3 heteroatoms. The van der Waals surface area contributed by atoms with Crippen LogP contribution in [0.5, 0.6) is 0 Å². The lowest BCUT2D eigenvalue weighted by atomic mass is 10.0. The summed E-state index contributed by atoms with van der Waals surface area (Å²) in [5.74, 6) is 0.712. The summed E-state index contributed by atoms with van der Waals surface area (Å²) >= 11 is 5.13. The van der Waals surface area contributed by atoms with Crippen molar-refractivity contribution in [2.45, 2.75) is 39.3 Å². The third kappa shape index (κ3) is 2.90. The molecule has 0 bridgehead atoms. The number of thiocarbonyl (C=S) groups is 1. The van der Waals surface area contributed by atoms with Crippen molar-refractivity contribution in [3.8, 4) is 0 Å². The largest absolute Gasteiger partial charge is 0.389 e. The molecule has 1 unspecified atom stereocenters. The first-order chi connectivity index (χ1) is 8.59. The third-order valence-electron chi connectivity index (χ3n) is 3.84. The lowest BCUT2D eigenvalue weighted by Crippen LogP contribution is -2.33. The molecule has 0 saturated carbocycles. The number of nitrogens with two attached hydrogens (primary N) is 1. The van der Waals surface area contributed by atoms with E-state index in [1.165, 1.54) is 24.9 Å². The second-order valence-corrected chi connectivity index (χ2v) is 5.89. The summed E-state index contributed by atoms with van der Waals surface area (Å²) in [7, 11) is 0. The molecule has 0 aromatic heterocycles. The Balaban J connectivity index is 2.16. The Bertz CT molecular complexity index is 428. The lowest BCUT2D eigenvalue weighted by Gasteiger charge is -2.28. The van der Waals surface area contributed by atoms with E-state index in [4.69, 9.17) is 18.0 Å². The van der Waals surface area contributed by atoms with Gasteiger partial charge in [-0.05, 0) is 30.9 Å². The zero-order valence-corrected chi connectivity index (χ0v) is 12.0. The van der Waals surface area contributed by atoms with Crippen LogP contribution < -0.4 is 5.73 Å². The van der Waals surface area contributed by atoms with Gasteiger partial charge in [0.15, 0.2) is 0 Å². The fraction of sp³-hybridized carbons (Fsp3) is 0.533. The Morgan fingerprint density at radius 2 is 2.17 bits per heavy atom. The minimum Gasteiger partial charge on any atom is -0.389 e. The minimum atomic E-state index is 0.505. The molecule has 98 valence electrons. The van der Waals surface area contributed by atoms with Crippen LogP contribution in [0, 0.1) is 5.92 Å². The van der Waals surface area contributed by atoms with Gasteiger partial charge >= 0.3 is 0 Å². The normalized spacial score (nSPS) is 20.5. The summed E-state index contributed by atoms with van der Waals surface area (Å²) in [5, 5.41) is 0. The molecule has 1 fully saturated rings. The predicted molar refractivity (Wildman–Crippen MR) is 80.6 cm³/mol. The van der Waals surface area contributed by atoms with Gasteiger partial charge in [-0.3, -0.25) is 4.90 Å². The van der Waals surface area contributed by atoms with Crippen LogP contribution in [0.15, 0.2) is 24.3 Å². The highest BCUT2D eigenvalue weighted by molar-refractivity contribution is 7.80. The Hall–Kier alpha value is -0.930. The zero-order chi connectivity index (χ0) is 13.1. The molecule has 0 amide bonds. The second-order valence-electron chi connectivity index (χ2n) is 5.45. The smallest absolute Gasteiger partial charge is 0.104 e. The van der Waals surface area contributed by atoms with E-state index >= 15 is 0 Å². The molecule has 2 rings (SSSR count). The molecule has 2 N–H and O–H groups in total. The lowest BCUT2D eigenvalue weighted by molar-refractivity contribution is 0.199. The maximum atomic E-state index is 5.80. The van der Waals surface area contributed by atoms with E-state index in [0.29, 0.717) is 16.9 Å². The molecule has 1 aliphatic heterocycles. The summed E-state index contributed by atoms with van der Waals surface area (Å²) in [4.78, 5) is 3.08. The first kappa shape index (κ1) is 13.5. The Morgan fingerprint density at radius 1 is 1.44 bits per heavy atom. The molecule has 2 nitrogen and oxygen atoms in total. The molecule has 0 spiro atoms. The van der Waals surface area contributed by atoms with Gasteiger partial charge < -0.3 is 5.73 Å². The highest BCUT2D eigenvalue weighted by atomic mass is 32.1. The van der Waals surface area contributed by atoms with Crippen LogP contribution in [-0.4, -0.2) is 22.5 Å². The van der Waals surface area contributed by atoms with Crippen LogP contribution in [0.1, 0.15) is 37.8 Å². The topological polar surface area (TPSA) is 29.3 Å². The van der Waals surface area contributed by atoms with Gasteiger partial charge in [0, 0.05) is 18.2 Å². The van der Waals surface area contributed by atoms with Crippen LogP contribution in [0.2, 0.25) is 0 Å². The van der Waals surface area contributed by atoms with E-state index < -0.39 is 0 Å². The molecule has 0 aliphatic carbocycles. The Labute approximate surface area is 115 Å². The first-order valence-electron chi connectivity index (χ1n) is 6.71. The van der Waals surface area contributed by atoms with Gasteiger partial charge in [-0.2, -0.15) is 0 Å². The van der Waals surface area contributed by atoms with E-state index in [1.54, 1.807) is 0 Å². The van der Waals surface area contributed by atoms with Gasteiger partial charge in [0.05, 0.1) is 0 Å². The maximum absolute atomic E-state index is 5.80.